The van der Waals surface area contributed by atoms with E-state index in [1.165, 1.54) is 91.7 Å². The average molecular weight is 767 g/mol. The minimum Gasteiger partial charge on any atom is -0.421 e. The Morgan fingerprint density at radius 2 is 0.846 bits per heavy atom. The van der Waals surface area contributed by atoms with E-state index in [4.69, 9.17) is 9.47 Å². The Morgan fingerprint density at radius 1 is 0.500 bits per heavy atom. The SMILES string of the molecule is O=C(OC(c1ccc(SSc2ccccn2)cc1)c1ccc([N+](=O)[O-])cc1)OC(c1ccc(SSc2ccccn2)cc1)c1ccc([N+](=O)[O-])cc1. The Bertz CT molecular complexity index is 1960. The van der Waals surface area contributed by atoms with Crippen molar-refractivity contribution in [3.05, 3.63) is 188 Å². The first-order valence-corrected chi connectivity index (χ1v) is 19.7. The highest BCUT2D eigenvalue weighted by Crippen LogP contribution is 2.39. The molecule has 4 aromatic carbocycles. The van der Waals surface area contributed by atoms with Gasteiger partial charge in [0.15, 0.2) is 12.2 Å². The molecule has 15 heteroatoms. The lowest BCUT2D eigenvalue weighted by molar-refractivity contribution is -0.385. The van der Waals surface area contributed by atoms with Crippen LogP contribution in [0, 0.1) is 20.2 Å². The summed E-state index contributed by atoms with van der Waals surface area (Å²) in [5.41, 5.74) is 1.98. The van der Waals surface area contributed by atoms with Gasteiger partial charge in [-0.15, -0.1) is 0 Å². The zero-order valence-corrected chi connectivity index (χ0v) is 30.1. The van der Waals surface area contributed by atoms with Crippen LogP contribution in [0.3, 0.4) is 0 Å². The van der Waals surface area contributed by atoms with Crippen LogP contribution in [0.15, 0.2) is 166 Å². The number of ether oxygens (including phenoxy) is 2. The molecular formula is C37H26N4O7S4. The van der Waals surface area contributed by atoms with E-state index in [0.717, 1.165) is 19.8 Å². The molecule has 0 aliphatic carbocycles. The van der Waals surface area contributed by atoms with Crippen molar-refractivity contribution in [3.63, 3.8) is 0 Å². The number of hydrogen-bond donors (Lipinski definition) is 0. The Kier molecular flexibility index (Phi) is 12.4. The summed E-state index contributed by atoms with van der Waals surface area (Å²) in [6.07, 6.45) is 0.482. The predicted molar refractivity (Wildman–Crippen MR) is 202 cm³/mol. The molecule has 0 saturated heterocycles. The molecule has 0 radical (unpaired) electrons. The standard InChI is InChI=1S/C37H26N4O7S4/c42-37(47-35(25-7-15-29(16-8-25)40(43)44)27-11-19-31(20-12-27)49-51-33-5-1-3-23-38-33)48-36(26-9-17-30(18-10-26)41(45)46)28-13-21-32(22-14-28)50-52-34-6-2-4-24-39-34/h1-24,35-36H. The number of benzene rings is 4. The first kappa shape index (κ1) is 36.4. The number of nitrogens with zero attached hydrogens (tertiary/aromatic N) is 4. The number of carbonyl (C=O) groups excluding carboxylic acids is 1. The van der Waals surface area contributed by atoms with E-state index in [1.54, 1.807) is 12.4 Å². The first-order chi connectivity index (χ1) is 25.3. The summed E-state index contributed by atoms with van der Waals surface area (Å²) in [6.45, 7) is 0. The first-order valence-electron chi connectivity index (χ1n) is 15.4. The van der Waals surface area contributed by atoms with Crippen molar-refractivity contribution >= 4 is 60.7 Å². The summed E-state index contributed by atoms with van der Waals surface area (Å²) in [5, 5.41) is 24.4. The van der Waals surface area contributed by atoms with Gasteiger partial charge >= 0.3 is 6.16 Å². The molecule has 0 aliphatic rings. The Hall–Kier alpha value is -5.35. The van der Waals surface area contributed by atoms with Gasteiger partial charge in [0.1, 0.15) is 10.1 Å². The number of carbonyl (C=O) groups is 1. The van der Waals surface area contributed by atoms with Crippen LogP contribution in [0.5, 0.6) is 0 Å². The molecule has 0 spiro atoms. The molecule has 0 N–H and O–H groups in total. The molecule has 0 amide bonds. The van der Waals surface area contributed by atoms with Crippen LogP contribution in [0.4, 0.5) is 16.2 Å². The maximum atomic E-state index is 13.7. The van der Waals surface area contributed by atoms with Crippen LogP contribution >= 0.6 is 43.2 Å². The molecule has 0 aliphatic heterocycles. The second-order valence-corrected chi connectivity index (χ2v) is 15.2. The second-order valence-electron chi connectivity index (χ2n) is 10.8. The molecule has 2 atom stereocenters. The van der Waals surface area contributed by atoms with E-state index in [9.17, 15) is 25.0 Å². The Morgan fingerprint density at radius 3 is 1.15 bits per heavy atom. The van der Waals surface area contributed by atoms with E-state index >= 15 is 0 Å². The van der Waals surface area contributed by atoms with Crippen LogP contribution in [-0.4, -0.2) is 26.0 Å². The van der Waals surface area contributed by atoms with Gasteiger partial charge in [-0.1, -0.05) is 58.0 Å². The summed E-state index contributed by atoms with van der Waals surface area (Å²) >= 11 is 0. The minimum absolute atomic E-state index is 0.110. The summed E-state index contributed by atoms with van der Waals surface area (Å²) in [7, 11) is 6.03. The van der Waals surface area contributed by atoms with Crippen molar-refractivity contribution in [1.29, 1.82) is 0 Å². The van der Waals surface area contributed by atoms with E-state index in [1.807, 2.05) is 84.9 Å². The maximum Gasteiger partial charge on any atom is 0.510 e. The van der Waals surface area contributed by atoms with Gasteiger partial charge in [0.05, 0.1) is 9.85 Å². The lowest BCUT2D eigenvalue weighted by atomic mass is 10.0. The number of pyridine rings is 2. The molecule has 260 valence electrons. The van der Waals surface area contributed by atoms with Gasteiger partial charge in [-0.2, -0.15) is 0 Å². The number of nitro groups is 2. The quantitative estimate of drug-likeness (QED) is 0.0448. The van der Waals surface area contributed by atoms with Gasteiger partial charge in [0.25, 0.3) is 11.4 Å². The van der Waals surface area contributed by atoms with Gasteiger partial charge in [-0.05, 0) is 117 Å². The Labute approximate surface area is 313 Å². The fourth-order valence-corrected chi connectivity index (χ4v) is 8.47. The van der Waals surface area contributed by atoms with Crippen molar-refractivity contribution in [2.24, 2.45) is 0 Å². The van der Waals surface area contributed by atoms with Crippen LogP contribution in [-0.2, 0) is 9.47 Å². The number of aromatic nitrogens is 2. The third-order valence-electron chi connectivity index (χ3n) is 7.33. The van der Waals surface area contributed by atoms with Crippen LogP contribution < -0.4 is 0 Å². The van der Waals surface area contributed by atoms with Crippen LogP contribution in [0.25, 0.3) is 0 Å². The predicted octanol–water partition coefficient (Wildman–Crippen LogP) is 10.9. The largest absolute Gasteiger partial charge is 0.510 e. The summed E-state index contributed by atoms with van der Waals surface area (Å²) < 4.78 is 11.9. The maximum absolute atomic E-state index is 13.7. The monoisotopic (exact) mass is 766 g/mol. The molecule has 6 rings (SSSR count). The minimum atomic E-state index is -1.01. The number of rotatable bonds is 14. The smallest absolute Gasteiger partial charge is 0.421 e. The van der Waals surface area contributed by atoms with Crippen molar-refractivity contribution < 1.29 is 24.1 Å². The molecule has 11 nitrogen and oxygen atoms in total. The lowest BCUT2D eigenvalue weighted by Gasteiger charge is -2.23. The van der Waals surface area contributed by atoms with Gasteiger partial charge < -0.3 is 9.47 Å². The molecule has 0 fully saturated rings. The highest BCUT2D eigenvalue weighted by Gasteiger charge is 2.26. The van der Waals surface area contributed by atoms with Crippen LogP contribution in [0.1, 0.15) is 34.5 Å². The normalized spacial score (nSPS) is 12.0. The van der Waals surface area contributed by atoms with Gasteiger partial charge in [-0.3, -0.25) is 20.2 Å². The summed E-state index contributed by atoms with van der Waals surface area (Å²) in [6, 6.07) is 37.6. The molecule has 6 aromatic rings. The lowest BCUT2D eigenvalue weighted by Crippen LogP contribution is -2.18. The van der Waals surface area contributed by atoms with Gasteiger partial charge in [-0.25, -0.2) is 14.8 Å². The van der Waals surface area contributed by atoms with Crippen molar-refractivity contribution in [3.8, 4) is 0 Å². The number of non-ortho nitro benzene ring substituents is 2. The molecule has 0 saturated carbocycles. The number of hydrogen-bond acceptors (Lipinski definition) is 13. The van der Waals surface area contributed by atoms with Crippen molar-refractivity contribution in [2.45, 2.75) is 32.1 Å². The van der Waals surface area contributed by atoms with Crippen LogP contribution in [0.2, 0.25) is 0 Å². The Balaban J connectivity index is 1.24. The van der Waals surface area contributed by atoms with E-state index in [-0.39, 0.29) is 11.4 Å². The second kappa shape index (κ2) is 17.7. The summed E-state index contributed by atoms with van der Waals surface area (Å²) in [4.78, 5) is 45.9. The molecule has 0 bridgehead atoms. The fraction of sp³-hybridized carbons (Fsp3) is 0.0541. The van der Waals surface area contributed by atoms with E-state index in [2.05, 4.69) is 9.97 Å². The van der Waals surface area contributed by atoms with Crippen molar-refractivity contribution in [2.75, 3.05) is 0 Å². The zero-order valence-electron chi connectivity index (χ0n) is 26.8. The molecule has 2 unspecified atom stereocenters. The topological polar surface area (TPSA) is 148 Å². The third-order valence-corrected chi connectivity index (χ3v) is 11.9. The molecule has 2 heterocycles. The highest BCUT2D eigenvalue weighted by atomic mass is 33.1. The van der Waals surface area contributed by atoms with Crippen molar-refractivity contribution in [1.82, 2.24) is 9.97 Å². The average Bonchev–Trinajstić information content (AvgIpc) is 3.19. The fourth-order valence-electron chi connectivity index (χ4n) is 4.79. The van der Waals surface area contributed by atoms with E-state index < -0.39 is 28.2 Å². The molecule has 2 aromatic heterocycles. The van der Waals surface area contributed by atoms with Gasteiger partial charge in [0.2, 0.25) is 0 Å². The third kappa shape index (κ3) is 9.91. The molecular weight excluding hydrogens is 741 g/mol. The summed E-state index contributed by atoms with van der Waals surface area (Å²) in [5.74, 6) is 0. The number of nitro benzene ring substituents is 2. The molecule has 52 heavy (non-hydrogen) atoms. The zero-order chi connectivity index (χ0) is 36.3. The van der Waals surface area contributed by atoms with Gasteiger partial charge in [0, 0.05) is 46.5 Å². The van der Waals surface area contributed by atoms with E-state index in [0.29, 0.717) is 22.3 Å². The highest BCUT2D eigenvalue weighted by molar-refractivity contribution is 8.77.